The Morgan fingerprint density at radius 3 is 2.69 bits per heavy atom. The van der Waals surface area contributed by atoms with Crippen molar-refractivity contribution in [1.29, 1.82) is 0 Å². The summed E-state index contributed by atoms with van der Waals surface area (Å²) in [6.07, 6.45) is 0.527. The Morgan fingerprint density at radius 2 is 1.96 bits per heavy atom. The molecule has 2 aromatic rings. The van der Waals surface area contributed by atoms with Gasteiger partial charge in [0.05, 0.1) is 17.7 Å². The minimum atomic E-state index is -0.545. The molecule has 0 bridgehead atoms. The first-order chi connectivity index (χ1) is 12.5. The normalized spacial score (nSPS) is 10.4. The van der Waals surface area contributed by atoms with Crippen LogP contribution in [-0.2, 0) is 16.0 Å². The maximum absolute atomic E-state index is 13.8. The van der Waals surface area contributed by atoms with Gasteiger partial charge in [-0.1, -0.05) is 29.8 Å². The molecule has 2 rings (SSSR count). The van der Waals surface area contributed by atoms with Crippen LogP contribution in [0.5, 0.6) is 0 Å². The van der Waals surface area contributed by atoms with Crippen molar-refractivity contribution >= 4 is 29.1 Å². The molecule has 0 aromatic heterocycles. The van der Waals surface area contributed by atoms with Gasteiger partial charge in [-0.2, -0.15) is 0 Å². The molecule has 0 saturated heterocycles. The van der Waals surface area contributed by atoms with Crippen LogP contribution in [-0.4, -0.2) is 32.1 Å². The number of ether oxygens (including phenoxy) is 1. The van der Waals surface area contributed by atoms with E-state index >= 15 is 0 Å². The summed E-state index contributed by atoms with van der Waals surface area (Å²) in [6.45, 7) is 1.01. The van der Waals surface area contributed by atoms with Gasteiger partial charge < -0.3 is 15.4 Å². The number of halogens is 2. The Balaban J connectivity index is 2.02. The number of amides is 2. The van der Waals surface area contributed by atoms with Gasteiger partial charge in [0, 0.05) is 25.3 Å². The predicted octanol–water partition coefficient (Wildman–Crippen LogP) is 3.43. The molecule has 0 aliphatic rings. The summed E-state index contributed by atoms with van der Waals surface area (Å²) in [5, 5.41) is 5.69. The minimum Gasteiger partial charge on any atom is -0.385 e. The monoisotopic (exact) mass is 378 g/mol. The van der Waals surface area contributed by atoms with E-state index in [2.05, 4.69) is 10.6 Å². The number of para-hydroxylation sites is 1. The molecule has 2 amide bonds. The van der Waals surface area contributed by atoms with Crippen LogP contribution < -0.4 is 10.6 Å². The van der Waals surface area contributed by atoms with E-state index in [-0.39, 0.29) is 22.9 Å². The van der Waals surface area contributed by atoms with E-state index in [9.17, 15) is 14.0 Å². The zero-order valence-electron chi connectivity index (χ0n) is 14.4. The van der Waals surface area contributed by atoms with E-state index in [0.29, 0.717) is 30.8 Å². The Hall–Kier alpha value is -2.44. The van der Waals surface area contributed by atoms with Gasteiger partial charge in [-0.3, -0.25) is 9.59 Å². The second-order valence-electron chi connectivity index (χ2n) is 5.61. The largest absolute Gasteiger partial charge is 0.385 e. The molecule has 0 aliphatic heterocycles. The molecular weight excluding hydrogens is 359 g/mol. The number of carbonyl (C=O) groups excluding carboxylic acids is 2. The van der Waals surface area contributed by atoms with E-state index in [0.717, 1.165) is 6.07 Å². The van der Waals surface area contributed by atoms with Crippen molar-refractivity contribution < 1.29 is 18.7 Å². The summed E-state index contributed by atoms with van der Waals surface area (Å²) >= 11 is 5.71. The molecule has 5 nitrogen and oxygen atoms in total. The molecule has 26 heavy (non-hydrogen) atoms. The van der Waals surface area contributed by atoms with Crippen LogP contribution in [0.2, 0.25) is 5.02 Å². The highest BCUT2D eigenvalue weighted by molar-refractivity contribution is 6.30. The Labute approximate surface area is 156 Å². The quantitative estimate of drug-likeness (QED) is 0.691. The fourth-order valence-corrected chi connectivity index (χ4v) is 2.49. The number of hydrogen-bond donors (Lipinski definition) is 2. The van der Waals surface area contributed by atoms with E-state index < -0.39 is 11.7 Å². The number of carbonyl (C=O) groups is 2. The van der Waals surface area contributed by atoms with E-state index in [1.54, 1.807) is 31.4 Å². The molecule has 0 aliphatic carbocycles. The number of benzene rings is 2. The molecule has 0 unspecified atom stereocenters. The van der Waals surface area contributed by atoms with Crippen LogP contribution in [0.25, 0.3) is 0 Å². The van der Waals surface area contributed by atoms with Crippen molar-refractivity contribution in [1.82, 2.24) is 5.32 Å². The topological polar surface area (TPSA) is 67.4 Å². The molecule has 0 saturated carbocycles. The van der Waals surface area contributed by atoms with Crippen molar-refractivity contribution in [2.24, 2.45) is 0 Å². The van der Waals surface area contributed by atoms with Crippen molar-refractivity contribution in [3.05, 3.63) is 64.4 Å². The van der Waals surface area contributed by atoms with E-state index in [1.165, 1.54) is 12.1 Å². The van der Waals surface area contributed by atoms with Crippen molar-refractivity contribution in [2.75, 3.05) is 25.6 Å². The molecule has 138 valence electrons. The van der Waals surface area contributed by atoms with Gasteiger partial charge in [0.1, 0.15) is 5.82 Å². The van der Waals surface area contributed by atoms with Crippen molar-refractivity contribution in [3.8, 4) is 0 Å². The maximum Gasteiger partial charge on any atom is 0.253 e. The second-order valence-corrected chi connectivity index (χ2v) is 6.04. The summed E-state index contributed by atoms with van der Waals surface area (Å²) in [5.41, 5.74) is 0.944. The number of nitrogens with one attached hydrogen (secondary N) is 2. The Bertz CT molecular complexity index is 783. The number of hydrogen-bond acceptors (Lipinski definition) is 3. The number of methoxy groups -OCH3 is 1. The first kappa shape index (κ1) is 19.9. The van der Waals surface area contributed by atoms with E-state index in [1.807, 2.05) is 0 Å². The van der Waals surface area contributed by atoms with Gasteiger partial charge in [-0.25, -0.2) is 4.39 Å². The zero-order chi connectivity index (χ0) is 18.9. The third kappa shape index (κ3) is 5.82. The first-order valence-electron chi connectivity index (χ1n) is 8.11. The smallest absolute Gasteiger partial charge is 0.253 e. The second kappa shape index (κ2) is 9.89. The average Bonchev–Trinajstić information content (AvgIpc) is 2.61. The highest BCUT2D eigenvalue weighted by Gasteiger charge is 2.14. The van der Waals surface area contributed by atoms with Gasteiger partial charge in [0.2, 0.25) is 5.91 Å². The van der Waals surface area contributed by atoms with Crippen molar-refractivity contribution in [2.45, 2.75) is 12.8 Å². The fraction of sp³-hybridized carbons (Fsp3) is 0.263. The Morgan fingerprint density at radius 1 is 1.19 bits per heavy atom. The maximum atomic E-state index is 13.8. The van der Waals surface area contributed by atoms with Gasteiger partial charge in [0.15, 0.2) is 0 Å². The van der Waals surface area contributed by atoms with Crippen LogP contribution in [0.1, 0.15) is 22.3 Å². The third-order valence-corrected chi connectivity index (χ3v) is 3.86. The number of rotatable bonds is 8. The summed E-state index contributed by atoms with van der Waals surface area (Å²) in [7, 11) is 1.59. The summed E-state index contributed by atoms with van der Waals surface area (Å²) in [6, 6.07) is 10.8. The molecule has 7 heteroatoms. The summed E-state index contributed by atoms with van der Waals surface area (Å²) in [5.74, 6) is -1.27. The van der Waals surface area contributed by atoms with Gasteiger partial charge in [-0.05, 0) is 36.2 Å². The molecule has 0 heterocycles. The molecule has 2 N–H and O–H groups in total. The van der Waals surface area contributed by atoms with Crippen LogP contribution in [0.4, 0.5) is 10.1 Å². The molecule has 0 atom stereocenters. The van der Waals surface area contributed by atoms with E-state index in [4.69, 9.17) is 16.3 Å². The SMILES string of the molecule is COCCCNC(=O)c1ccccc1NC(=O)Cc1ccc(Cl)cc1F. The van der Waals surface area contributed by atoms with Crippen LogP contribution in [0.3, 0.4) is 0 Å². The van der Waals surface area contributed by atoms with Crippen molar-refractivity contribution in [3.63, 3.8) is 0 Å². The standard InChI is InChI=1S/C19H20ClFN2O3/c1-26-10-4-9-22-19(25)15-5-2-3-6-17(15)23-18(24)11-13-7-8-14(20)12-16(13)21/h2-3,5-8,12H,4,9-11H2,1H3,(H,22,25)(H,23,24). The van der Waals surface area contributed by atoms with Gasteiger partial charge in [-0.15, -0.1) is 0 Å². The highest BCUT2D eigenvalue weighted by atomic mass is 35.5. The molecule has 0 fully saturated rings. The molecular formula is C19H20ClFN2O3. The minimum absolute atomic E-state index is 0.160. The molecule has 0 radical (unpaired) electrons. The first-order valence-corrected chi connectivity index (χ1v) is 8.49. The summed E-state index contributed by atoms with van der Waals surface area (Å²) in [4.78, 5) is 24.5. The lowest BCUT2D eigenvalue weighted by Crippen LogP contribution is -2.27. The van der Waals surface area contributed by atoms with Crippen LogP contribution in [0, 0.1) is 5.82 Å². The van der Waals surface area contributed by atoms with Crippen LogP contribution in [0.15, 0.2) is 42.5 Å². The van der Waals surface area contributed by atoms with Gasteiger partial charge >= 0.3 is 0 Å². The fourth-order valence-electron chi connectivity index (χ4n) is 2.34. The van der Waals surface area contributed by atoms with Gasteiger partial charge in [0.25, 0.3) is 5.91 Å². The highest BCUT2D eigenvalue weighted by Crippen LogP contribution is 2.18. The van der Waals surface area contributed by atoms with Crippen LogP contribution >= 0.6 is 11.6 Å². The lowest BCUT2D eigenvalue weighted by atomic mass is 10.1. The molecule has 2 aromatic carbocycles. The number of anilines is 1. The zero-order valence-corrected chi connectivity index (χ0v) is 15.1. The third-order valence-electron chi connectivity index (χ3n) is 3.62. The lowest BCUT2D eigenvalue weighted by molar-refractivity contribution is -0.115. The molecule has 0 spiro atoms. The average molecular weight is 379 g/mol. The summed E-state index contributed by atoms with van der Waals surface area (Å²) < 4.78 is 18.8. The predicted molar refractivity (Wildman–Crippen MR) is 99.0 cm³/mol. The Kier molecular flexibility index (Phi) is 7.56. The lowest BCUT2D eigenvalue weighted by Gasteiger charge is -2.12.